The highest BCUT2D eigenvalue weighted by Gasteiger charge is 2.27. The summed E-state index contributed by atoms with van der Waals surface area (Å²) in [5.41, 5.74) is 11.4. The van der Waals surface area contributed by atoms with Crippen molar-refractivity contribution in [3.8, 4) is 34.3 Å². The number of hydrogen-bond acceptors (Lipinski definition) is 12. The zero-order valence-electron chi connectivity index (χ0n) is 38.4. The lowest BCUT2D eigenvalue weighted by atomic mass is 10.0. The zero-order valence-corrected chi connectivity index (χ0v) is 39.2. The van der Waals surface area contributed by atoms with Crippen molar-refractivity contribution in [1.82, 2.24) is 19.9 Å². The smallest absolute Gasteiger partial charge is 0.143 e. The number of fused-ring (bicyclic) bond motifs is 4. The topological polar surface area (TPSA) is 110 Å². The lowest BCUT2D eigenvalue weighted by molar-refractivity contribution is 0.122. The van der Waals surface area contributed by atoms with E-state index in [4.69, 9.17) is 35.5 Å². The number of ether oxygens (including phenoxy) is 4. The van der Waals surface area contributed by atoms with Crippen LogP contribution in [-0.2, 0) is 9.47 Å². The van der Waals surface area contributed by atoms with Gasteiger partial charge in [-0.15, -0.1) is 0 Å². The van der Waals surface area contributed by atoms with Crippen LogP contribution in [0.4, 0.5) is 37.2 Å². The van der Waals surface area contributed by atoms with Crippen LogP contribution in [0.15, 0.2) is 122 Å². The number of halogens is 3. The third kappa shape index (κ3) is 9.91. The van der Waals surface area contributed by atoms with Gasteiger partial charge in [0.05, 0.1) is 88.9 Å². The molecular formula is C54H51ClF2N8O4. The number of anilines is 5. The van der Waals surface area contributed by atoms with Gasteiger partial charge >= 0.3 is 0 Å². The summed E-state index contributed by atoms with van der Waals surface area (Å²) in [7, 11) is 0. The average Bonchev–Trinajstić information content (AvgIpc) is 3.40. The van der Waals surface area contributed by atoms with Crippen molar-refractivity contribution in [2.75, 3.05) is 98.9 Å². The molecule has 4 aliphatic rings. The third-order valence-corrected chi connectivity index (χ3v) is 13.0. The summed E-state index contributed by atoms with van der Waals surface area (Å²) in [6, 6.07) is 33.3. The van der Waals surface area contributed by atoms with E-state index in [1.165, 1.54) is 30.0 Å². The van der Waals surface area contributed by atoms with Gasteiger partial charge in [0, 0.05) is 85.0 Å². The van der Waals surface area contributed by atoms with Crippen molar-refractivity contribution in [1.29, 1.82) is 0 Å². The Bertz CT molecular complexity index is 3100. The Hall–Kier alpha value is -7.13. The Morgan fingerprint density at radius 1 is 0.565 bits per heavy atom. The summed E-state index contributed by atoms with van der Waals surface area (Å²) in [5, 5.41) is 5.60. The van der Waals surface area contributed by atoms with Crippen LogP contribution in [-0.4, -0.2) is 98.8 Å². The summed E-state index contributed by atoms with van der Waals surface area (Å²) in [6.45, 7) is 13.6. The van der Waals surface area contributed by atoms with Crippen molar-refractivity contribution in [3.05, 3.63) is 149 Å². The number of morpholine rings is 2. The second kappa shape index (κ2) is 20.6. The third-order valence-electron chi connectivity index (χ3n) is 12.6. The molecule has 15 heteroatoms. The van der Waals surface area contributed by atoms with Gasteiger partial charge < -0.3 is 39.0 Å². The number of nitrogens with zero attached hydrogens (tertiary/aromatic N) is 7. The number of hydrogen-bond donors (Lipinski definition) is 1. The van der Waals surface area contributed by atoms with Gasteiger partial charge in [0.25, 0.3) is 0 Å². The van der Waals surface area contributed by atoms with E-state index in [2.05, 4.69) is 66.2 Å². The van der Waals surface area contributed by atoms with Crippen LogP contribution in [0.3, 0.4) is 0 Å². The van der Waals surface area contributed by atoms with Crippen LogP contribution < -0.4 is 29.5 Å². The fourth-order valence-electron chi connectivity index (χ4n) is 9.06. The zero-order chi connectivity index (χ0) is 47.3. The largest absolute Gasteiger partial charge is 0.490 e. The lowest BCUT2D eigenvalue weighted by Gasteiger charge is -2.35. The van der Waals surface area contributed by atoms with Gasteiger partial charge in [-0.3, -0.25) is 9.97 Å². The maximum absolute atomic E-state index is 14.2. The first kappa shape index (κ1) is 45.6. The molecule has 0 aliphatic carbocycles. The first-order valence-electron chi connectivity index (χ1n) is 23.2. The summed E-state index contributed by atoms with van der Waals surface area (Å²) in [6.07, 6.45) is 3.45. The molecule has 4 aliphatic heterocycles. The first-order chi connectivity index (χ1) is 33.8. The molecule has 8 aromatic rings. The summed E-state index contributed by atoms with van der Waals surface area (Å²) >= 11 is 6.34. The number of pyridine rings is 4. The minimum Gasteiger partial charge on any atom is -0.490 e. The Labute approximate surface area is 404 Å². The molecule has 0 bridgehead atoms. The first-order valence-corrected chi connectivity index (χ1v) is 23.6. The number of nitrogens with one attached hydrogen (secondary N) is 1. The Balaban J connectivity index is 0.000000133. The van der Waals surface area contributed by atoms with Crippen molar-refractivity contribution >= 4 is 61.8 Å². The van der Waals surface area contributed by atoms with Crippen LogP contribution in [0.5, 0.6) is 11.5 Å². The van der Waals surface area contributed by atoms with E-state index in [1.807, 2.05) is 61.5 Å². The van der Waals surface area contributed by atoms with Crippen molar-refractivity contribution in [3.63, 3.8) is 0 Å². The molecule has 0 radical (unpaired) electrons. The predicted molar refractivity (Wildman–Crippen MR) is 270 cm³/mol. The van der Waals surface area contributed by atoms with Crippen molar-refractivity contribution in [2.24, 2.45) is 0 Å². The van der Waals surface area contributed by atoms with E-state index in [1.54, 1.807) is 18.5 Å². The molecule has 8 heterocycles. The SMILES string of the molecule is Cc1c(-c2ccccn2)nc2cc(F)ccc2c1Cl.Cc1c(-c2ccccn2)nc2cc(F)ccc2c1N1CCOc2ccc(N3CCOCC3)cc21.c1cc2c(cc1N1CCOCC1)NCCO2. The minimum atomic E-state index is -0.327. The molecule has 12 rings (SSSR count). The number of aromatic nitrogens is 4. The number of benzene rings is 4. The monoisotopic (exact) mass is 948 g/mol. The van der Waals surface area contributed by atoms with E-state index < -0.39 is 0 Å². The van der Waals surface area contributed by atoms with Crippen LogP contribution >= 0.6 is 11.6 Å². The van der Waals surface area contributed by atoms with Crippen LogP contribution in [0.1, 0.15) is 11.1 Å². The van der Waals surface area contributed by atoms with Gasteiger partial charge in [0.1, 0.15) is 36.3 Å². The quantitative estimate of drug-likeness (QED) is 0.177. The molecule has 0 spiro atoms. The van der Waals surface area contributed by atoms with E-state index in [-0.39, 0.29) is 11.6 Å². The molecule has 0 amide bonds. The Morgan fingerprint density at radius 2 is 1.13 bits per heavy atom. The van der Waals surface area contributed by atoms with E-state index in [0.717, 1.165) is 139 Å². The highest BCUT2D eigenvalue weighted by molar-refractivity contribution is 6.36. The minimum absolute atomic E-state index is 0.307. The normalized spacial score (nSPS) is 15.3. The maximum Gasteiger partial charge on any atom is 0.143 e. The molecule has 4 aromatic heterocycles. The van der Waals surface area contributed by atoms with Crippen LogP contribution in [0.25, 0.3) is 44.6 Å². The van der Waals surface area contributed by atoms with E-state index in [9.17, 15) is 8.78 Å². The fourth-order valence-corrected chi connectivity index (χ4v) is 9.31. The molecule has 2 fully saturated rings. The summed E-state index contributed by atoms with van der Waals surface area (Å²) < 4.78 is 50.0. The second-order valence-electron chi connectivity index (χ2n) is 16.9. The molecule has 69 heavy (non-hydrogen) atoms. The molecule has 1 N–H and O–H groups in total. The molecule has 0 atom stereocenters. The molecule has 0 saturated carbocycles. The molecule has 4 aromatic carbocycles. The van der Waals surface area contributed by atoms with E-state index >= 15 is 0 Å². The van der Waals surface area contributed by atoms with Crippen LogP contribution in [0, 0.1) is 25.5 Å². The highest BCUT2D eigenvalue weighted by Crippen LogP contribution is 2.45. The summed E-state index contributed by atoms with van der Waals surface area (Å²) in [4.78, 5) is 25.1. The molecule has 0 unspecified atom stereocenters. The van der Waals surface area contributed by atoms with Gasteiger partial charge in [0.2, 0.25) is 0 Å². The molecule has 12 nitrogen and oxygen atoms in total. The van der Waals surface area contributed by atoms with Gasteiger partial charge in [-0.25, -0.2) is 18.7 Å². The second-order valence-corrected chi connectivity index (χ2v) is 17.3. The van der Waals surface area contributed by atoms with Crippen molar-refractivity contribution < 1.29 is 27.7 Å². The van der Waals surface area contributed by atoms with Gasteiger partial charge in [-0.2, -0.15) is 0 Å². The Morgan fingerprint density at radius 3 is 1.75 bits per heavy atom. The molecule has 2 saturated heterocycles. The Kier molecular flexibility index (Phi) is 13.6. The molecule has 352 valence electrons. The van der Waals surface area contributed by atoms with Gasteiger partial charge in [0.15, 0.2) is 0 Å². The maximum atomic E-state index is 14.2. The standard InChI is InChI=1S/C27H25FN4O2.C15H10ClFN2.C12H16N2O2/c1-18-26(22-4-2-3-9-29-22)30-23-16-19(28)5-7-21(23)27(18)32-12-15-34-25-8-6-20(17-24(25)32)31-10-13-33-14-11-31;1-9-14(16)11-6-5-10(17)8-13(11)19-15(9)12-4-2-3-7-18-12;1-2-12-11(13-3-6-16-12)9-10(1)14-4-7-15-8-5-14/h2-9,16-17H,10-15H2,1H3;2-8H,1H3;1-2,9,13H,3-8H2. The predicted octanol–water partition coefficient (Wildman–Crippen LogP) is 10.8. The van der Waals surface area contributed by atoms with Crippen LogP contribution in [0.2, 0.25) is 5.02 Å². The average molecular weight is 950 g/mol. The van der Waals surface area contributed by atoms with Gasteiger partial charge in [-0.1, -0.05) is 23.7 Å². The van der Waals surface area contributed by atoms with Gasteiger partial charge in [-0.05, 0) is 104 Å². The van der Waals surface area contributed by atoms with Crippen molar-refractivity contribution in [2.45, 2.75) is 13.8 Å². The highest BCUT2D eigenvalue weighted by atomic mass is 35.5. The molecular weight excluding hydrogens is 898 g/mol. The lowest BCUT2D eigenvalue weighted by Crippen LogP contribution is -2.36. The number of rotatable bonds is 5. The van der Waals surface area contributed by atoms with E-state index in [0.29, 0.717) is 34.9 Å². The fraction of sp³-hybridized carbons (Fsp3) is 0.259. The summed E-state index contributed by atoms with van der Waals surface area (Å²) in [5.74, 6) is 1.17.